The normalized spacial score (nSPS) is 14.6. The van der Waals surface area contributed by atoms with Crippen molar-refractivity contribution in [3.8, 4) is 17.2 Å². The number of nitrogens with zero attached hydrogens (tertiary/aromatic N) is 2. The van der Waals surface area contributed by atoms with Gasteiger partial charge in [-0.25, -0.2) is 19.9 Å². The molecule has 0 radical (unpaired) electrons. The standard InChI is InChI=1S/C33H26F3N5O5S/c1-41-28-16-26(46-25-12-8-23(9-13-25)38-31(43)37-22-6-4-21(5-7-22)33(34,35)36)14-15-27(28)39-29(41)17-45-24-10-2-20(3-11-24)18-47-19-30(42)40-32(47)44/h2-16H,17-19H2,1H3,(H2-,37,38,40,42,43,44)/p+1. The van der Waals surface area contributed by atoms with Gasteiger partial charge >= 0.3 is 17.4 Å². The van der Waals surface area contributed by atoms with Crippen molar-refractivity contribution in [2.75, 3.05) is 16.4 Å². The Morgan fingerprint density at radius 1 is 0.894 bits per heavy atom. The van der Waals surface area contributed by atoms with Crippen LogP contribution in [0.3, 0.4) is 0 Å². The molecule has 1 aromatic heterocycles. The molecule has 10 nitrogen and oxygen atoms in total. The molecule has 1 aliphatic heterocycles. The predicted molar refractivity (Wildman–Crippen MR) is 172 cm³/mol. The van der Waals surface area contributed by atoms with Gasteiger partial charge in [-0.05, 0) is 72.8 Å². The average Bonchev–Trinajstić information content (AvgIpc) is 3.53. The molecule has 1 saturated heterocycles. The molecular formula is C33H27F3N5O5S+. The van der Waals surface area contributed by atoms with E-state index in [4.69, 9.17) is 9.47 Å². The molecule has 14 heteroatoms. The Labute approximate surface area is 269 Å². The molecule has 4 aromatic carbocycles. The first-order valence-corrected chi connectivity index (χ1v) is 15.8. The van der Waals surface area contributed by atoms with Crippen molar-refractivity contribution in [2.24, 2.45) is 7.05 Å². The van der Waals surface area contributed by atoms with Crippen molar-refractivity contribution >= 4 is 50.5 Å². The summed E-state index contributed by atoms with van der Waals surface area (Å²) in [6.45, 7) is 0.225. The Hall–Kier alpha value is -5.50. The van der Waals surface area contributed by atoms with Gasteiger partial charge in [0.15, 0.2) is 5.75 Å². The van der Waals surface area contributed by atoms with E-state index in [9.17, 15) is 27.6 Å². The third kappa shape index (κ3) is 7.66. The minimum atomic E-state index is -4.45. The number of fused-ring (bicyclic) bond motifs is 1. The van der Waals surface area contributed by atoms with E-state index >= 15 is 0 Å². The van der Waals surface area contributed by atoms with Crippen molar-refractivity contribution in [1.29, 1.82) is 0 Å². The van der Waals surface area contributed by atoms with Gasteiger partial charge in [0.25, 0.3) is 5.91 Å². The number of nitrogens with one attached hydrogen (secondary N) is 3. The van der Waals surface area contributed by atoms with E-state index in [1.54, 1.807) is 30.3 Å². The maximum absolute atomic E-state index is 12.7. The predicted octanol–water partition coefficient (Wildman–Crippen LogP) is 6.98. The van der Waals surface area contributed by atoms with E-state index in [0.29, 0.717) is 34.5 Å². The van der Waals surface area contributed by atoms with Gasteiger partial charge in [0, 0.05) is 30.1 Å². The van der Waals surface area contributed by atoms with Crippen molar-refractivity contribution in [1.82, 2.24) is 14.9 Å². The first-order valence-electron chi connectivity index (χ1n) is 14.2. The molecule has 1 unspecified atom stereocenters. The molecule has 5 aromatic rings. The average molecular weight is 663 g/mol. The monoisotopic (exact) mass is 662 g/mol. The van der Waals surface area contributed by atoms with Crippen LogP contribution in [0.25, 0.3) is 11.0 Å². The molecule has 3 N–H and O–H groups in total. The molecule has 1 fully saturated rings. The van der Waals surface area contributed by atoms with Crippen molar-refractivity contribution < 1.29 is 37.0 Å². The topological polar surface area (TPSA) is 124 Å². The molecule has 0 aliphatic carbocycles. The van der Waals surface area contributed by atoms with Crippen molar-refractivity contribution in [2.45, 2.75) is 18.5 Å². The number of carbonyl (C=O) groups is 3. The van der Waals surface area contributed by atoms with E-state index < -0.39 is 28.7 Å². The summed E-state index contributed by atoms with van der Waals surface area (Å²) >= 11 is 0. The first-order chi connectivity index (χ1) is 22.5. The van der Waals surface area contributed by atoms with Crippen LogP contribution in [0.1, 0.15) is 17.0 Å². The zero-order valence-corrected chi connectivity index (χ0v) is 25.6. The number of anilines is 2. The highest BCUT2D eigenvalue weighted by Crippen LogP contribution is 2.30. The van der Waals surface area contributed by atoms with Crippen molar-refractivity contribution in [3.05, 3.63) is 108 Å². The molecule has 1 atom stereocenters. The van der Waals surface area contributed by atoms with Crippen LogP contribution in [-0.4, -0.2) is 32.5 Å². The summed E-state index contributed by atoms with van der Waals surface area (Å²) in [6.07, 6.45) is -4.45. The highest BCUT2D eigenvalue weighted by Gasteiger charge is 2.40. The Morgan fingerprint density at radius 2 is 1.51 bits per heavy atom. The molecule has 0 saturated carbocycles. The van der Waals surface area contributed by atoms with Gasteiger partial charge in [0.05, 0.1) is 27.5 Å². The summed E-state index contributed by atoms with van der Waals surface area (Å²) in [7, 11) is 1.24. The van der Waals surface area contributed by atoms with Crippen LogP contribution in [-0.2, 0) is 41.3 Å². The third-order valence-electron chi connectivity index (χ3n) is 7.20. The maximum atomic E-state index is 12.7. The molecule has 6 rings (SSSR count). The Kier molecular flexibility index (Phi) is 8.76. The lowest BCUT2D eigenvalue weighted by Gasteiger charge is -2.11. The summed E-state index contributed by atoms with van der Waals surface area (Å²) < 4.78 is 52.1. The second-order valence-electron chi connectivity index (χ2n) is 10.6. The number of imide groups is 1. The summed E-state index contributed by atoms with van der Waals surface area (Å²) in [5, 5.41) is 7.26. The number of rotatable bonds is 9. The molecule has 1 aliphatic rings. The summed E-state index contributed by atoms with van der Waals surface area (Å²) in [4.78, 5) is 40.3. The Morgan fingerprint density at radius 3 is 2.13 bits per heavy atom. The summed E-state index contributed by atoms with van der Waals surface area (Å²) in [5.74, 6) is 2.97. The zero-order chi connectivity index (χ0) is 33.1. The number of urea groups is 1. The summed E-state index contributed by atoms with van der Waals surface area (Å²) in [6, 6.07) is 23.1. The molecule has 4 amide bonds. The SMILES string of the molecule is Cn1c(COc2ccc(C[S+]3CC(=O)NC3=O)cc2)nc2ccc(Oc3ccc(NC(=O)Nc4ccc(C(F)(F)F)cc4)cc3)cc21. The number of benzene rings is 4. The quantitative estimate of drug-likeness (QED) is 0.147. The van der Waals surface area contributed by atoms with Gasteiger partial charge < -0.3 is 24.7 Å². The fourth-order valence-electron chi connectivity index (χ4n) is 4.78. The van der Waals surface area contributed by atoms with Crippen LogP contribution < -0.4 is 25.4 Å². The first kappa shape index (κ1) is 31.5. The number of alkyl halides is 3. The van der Waals surface area contributed by atoms with Crippen LogP contribution in [0.15, 0.2) is 91.0 Å². The Bertz CT molecular complexity index is 1950. The van der Waals surface area contributed by atoms with E-state index in [-0.39, 0.29) is 29.2 Å². The summed E-state index contributed by atoms with van der Waals surface area (Å²) in [5.41, 5.74) is 2.43. The minimum Gasteiger partial charge on any atom is -0.486 e. The van der Waals surface area contributed by atoms with Crippen LogP contribution in [0.4, 0.5) is 34.1 Å². The molecule has 0 spiro atoms. The molecular weight excluding hydrogens is 635 g/mol. The number of hydrogen-bond donors (Lipinski definition) is 3. The van der Waals surface area contributed by atoms with E-state index in [1.165, 1.54) is 12.1 Å². The van der Waals surface area contributed by atoms with Crippen LogP contribution in [0.2, 0.25) is 0 Å². The fourth-order valence-corrected chi connectivity index (χ4v) is 6.39. The Balaban J connectivity index is 1.02. The number of ether oxygens (including phenoxy) is 2. The van der Waals surface area contributed by atoms with Gasteiger partial charge in [0.2, 0.25) is 0 Å². The zero-order valence-electron chi connectivity index (χ0n) is 24.8. The second-order valence-corrected chi connectivity index (χ2v) is 12.5. The van der Waals surface area contributed by atoms with Crippen molar-refractivity contribution in [3.63, 3.8) is 0 Å². The van der Waals surface area contributed by atoms with Gasteiger partial charge in [-0.3, -0.25) is 4.79 Å². The molecule has 2 heterocycles. The van der Waals surface area contributed by atoms with Gasteiger partial charge in [-0.15, -0.1) is 0 Å². The van der Waals surface area contributed by atoms with E-state index in [2.05, 4.69) is 20.9 Å². The highest BCUT2D eigenvalue weighted by atomic mass is 32.2. The number of hydrogen-bond acceptors (Lipinski definition) is 6. The van der Waals surface area contributed by atoms with Crippen LogP contribution >= 0.6 is 0 Å². The number of halogens is 3. The fraction of sp³-hybridized carbons (Fsp3) is 0.152. The number of imidazole rings is 1. The molecule has 47 heavy (non-hydrogen) atoms. The molecule has 240 valence electrons. The van der Waals surface area contributed by atoms with Crippen LogP contribution in [0.5, 0.6) is 17.2 Å². The second kappa shape index (κ2) is 13.1. The minimum absolute atomic E-state index is 0.207. The number of aryl methyl sites for hydroxylation is 1. The highest BCUT2D eigenvalue weighted by molar-refractivity contribution is 8.11. The molecule has 0 bridgehead atoms. The largest absolute Gasteiger partial charge is 0.486 e. The maximum Gasteiger partial charge on any atom is 0.436 e. The number of carbonyl (C=O) groups excluding carboxylic acids is 3. The van der Waals surface area contributed by atoms with E-state index in [0.717, 1.165) is 28.7 Å². The lowest BCUT2D eigenvalue weighted by molar-refractivity contribution is -0.137. The van der Waals surface area contributed by atoms with Gasteiger partial charge in [-0.1, -0.05) is 12.1 Å². The van der Waals surface area contributed by atoms with Gasteiger partial charge in [-0.2, -0.15) is 13.2 Å². The smallest absolute Gasteiger partial charge is 0.436 e. The number of amides is 4. The number of aromatic nitrogens is 2. The van der Waals surface area contributed by atoms with E-state index in [1.807, 2.05) is 48.0 Å². The van der Waals surface area contributed by atoms with Gasteiger partial charge in [0.1, 0.15) is 35.4 Å². The lowest BCUT2D eigenvalue weighted by atomic mass is 10.2. The van der Waals surface area contributed by atoms with Crippen LogP contribution in [0, 0.1) is 0 Å². The lowest BCUT2D eigenvalue weighted by Crippen LogP contribution is -2.21. The third-order valence-corrected chi connectivity index (χ3v) is 9.12.